The predicted octanol–water partition coefficient (Wildman–Crippen LogP) is 22.7. The van der Waals surface area contributed by atoms with Crippen LogP contribution >= 0.6 is 15.6 Å². The van der Waals surface area contributed by atoms with E-state index in [1.165, 1.54) is 212 Å². The van der Waals surface area contributed by atoms with Gasteiger partial charge >= 0.3 is 39.5 Å². The average Bonchev–Trinajstić information content (AvgIpc) is 1.23. The molecule has 0 saturated carbocycles. The Morgan fingerprint density at radius 2 is 0.531 bits per heavy atom. The van der Waals surface area contributed by atoms with E-state index in [-0.39, 0.29) is 25.7 Å². The number of esters is 4. The first-order valence-electron chi connectivity index (χ1n) is 40.0. The van der Waals surface area contributed by atoms with Crippen LogP contribution in [-0.2, 0) is 65.4 Å². The summed E-state index contributed by atoms with van der Waals surface area (Å²) in [6.07, 6.45) is 56.9. The summed E-state index contributed by atoms with van der Waals surface area (Å²) in [7, 11) is -9.91. The number of carbonyl (C=O) groups excluding carboxylic acids is 4. The molecule has 0 aliphatic carbocycles. The van der Waals surface area contributed by atoms with Gasteiger partial charge in [0.1, 0.15) is 19.3 Å². The number of hydrogen-bond acceptors (Lipinski definition) is 15. The summed E-state index contributed by atoms with van der Waals surface area (Å²) >= 11 is 0. The molecule has 3 N–H and O–H groups in total. The summed E-state index contributed by atoms with van der Waals surface area (Å²) in [6, 6.07) is 0. The molecule has 6 atom stereocenters. The lowest BCUT2D eigenvalue weighted by molar-refractivity contribution is -0.161. The van der Waals surface area contributed by atoms with Crippen molar-refractivity contribution in [1.29, 1.82) is 0 Å². The van der Waals surface area contributed by atoms with Crippen molar-refractivity contribution in [3.63, 3.8) is 0 Å². The first-order valence-corrected chi connectivity index (χ1v) is 43.0. The van der Waals surface area contributed by atoms with Crippen LogP contribution in [0.2, 0.25) is 0 Å². The molecule has 570 valence electrons. The number of rotatable bonds is 76. The third kappa shape index (κ3) is 69.2. The third-order valence-corrected chi connectivity index (χ3v) is 20.2. The molecule has 0 heterocycles. The number of aliphatic hydroxyl groups is 1. The van der Waals surface area contributed by atoms with Crippen LogP contribution in [0, 0.1) is 11.8 Å². The predicted molar refractivity (Wildman–Crippen MR) is 391 cm³/mol. The van der Waals surface area contributed by atoms with Gasteiger partial charge in [0.25, 0.3) is 0 Å². The highest BCUT2D eigenvalue weighted by molar-refractivity contribution is 7.47. The quantitative estimate of drug-likeness (QED) is 0.0222. The minimum atomic E-state index is -4.96. The molecule has 19 heteroatoms. The van der Waals surface area contributed by atoms with Crippen molar-refractivity contribution >= 4 is 39.5 Å². The molecular formula is C77H150O17P2. The molecule has 0 fully saturated rings. The van der Waals surface area contributed by atoms with Gasteiger partial charge in [-0.05, 0) is 37.5 Å². The SMILES string of the molecule is CCCCCCCCCCCCCCCCCCCCC(=O)O[C@H](COC(=O)CCCCCCCCCCCCCCCCC(C)C)COP(=O)(O)OC[C@@H](O)COP(=O)(O)OC[C@@H](COC(=O)CCCCCCCCC(C)CC)OC(=O)CCCCCCCCCCCCC. The van der Waals surface area contributed by atoms with Crippen LogP contribution in [0.25, 0.3) is 0 Å². The fourth-order valence-electron chi connectivity index (χ4n) is 11.8. The molecule has 96 heavy (non-hydrogen) atoms. The Balaban J connectivity index is 5.23. The Kier molecular flexibility index (Phi) is 67.4. The van der Waals surface area contributed by atoms with E-state index in [4.69, 9.17) is 37.0 Å². The number of phosphoric ester groups is 2. The molecule has 0 aromatic heterocycles. The number of phosphoric acid groups is 2. The molecule has 0 aliphatic rings. The highest BCUT2D eigenvalue weighted by atomic mass is 31.2. The molecule has 0 saturated heterocycles. The second kappa shape index (κ2) is 68.8. The molecule has 0 rings (SSSR count). The Morgan fingerprint density at radius 1 is 0.302 bits per heavy atom. The molecule has 0 aliphatic heterocycles. The molecule has 17 nitrogen and oxygen atoms in total. The van der Waals surface area contributed by atoms with Crippen molar-refractivity contribution in [3.8, 4) is 0 Å². The summed E-state index contributed by atoms with van der Waals surface area (Å²) in [5.74, 6) is -0.584. The van der Waals surface area contributed by atoms with Gasteiger partial charge in [0.2, 0.25) is 0 Å². The highest BCUT2D eigenvalue weighted by Gasteiger charge is 2.30. The second-order valence-corrected chi connectivity index (χ2v) is 31.4. The maximum absolute atomic E-state index is 13.1. The lowest BCUT2D eigenvalue weighted by Crippen LogP contribution is -2.30. The van der Waals surface area contributed by atoms with Crippen molar-refractivity contribution in [2.75, 3.05) is 39.6 Å². The fraction of sp³-hybridized carbons (Fsp3) is 0.948. The first-order chi connectivity index (χ1) is 46.4. The third-order valence-electron chi connectivity index (χ3n) is 18.3. The monoisotopic (exact) mass is 1410 g/mol. The molecule has 0 spiro atoms. The molecule has 0 amide bonds. The van der Waals surface area contributed by atoms with Crippen LogP contribution in [0.5, 0.6) is 0 Å². The zero-order valence-corrected chi connectivity index (χ0v) is 64.5. The molecule has 0 aromatic rings. The largest absolute Gasteiger partial charge is 0.472 e. The van der Waals surface area contributed by atoms with Gasteiger partial charge in [-0.2, -0.15) is 0 Å². The summed E-state index contributed by atoms with van der Waals surface area (Å²) in [5, 5.41) is 10.6. The number of aliphatic hydroxyl groups excluding tert-OH is 1. The molecule has 0 bridgehead atoms. The fourth-order valence-corrected chi connectivity index (χ4v) is 13.4. The van der Waals surface area contributed by atoms with Gasteiger partial charge < -0.3 is 33.8 Å². The molecule has 0 aromatic carbocycles. The minimum Gasteiger partial charge on any atom is -0.462 e. The summed E-state index contributed by atoms with van der Waals surface area (Å²) < 4.78 is 68.5. The Bertz CT molecular complexity index is 1860. The van der Waals surface area contributed by atoms with Crippen LogP contribution in [0.3, 0.4) is 0 Å². The molecule has 3 unspecified atom stereocenters. The van der Waals surface area contributed by atoms with Gasteiger partial charge in [-0.3, -0.25) is 37.3 Å². The van der Waals surface area contributed by atoms with Crippen LogP contribution in [0.1, 0.15) is 401 Å². The van der Waals surface area contributed by atoms with Crippen LogP contribution in [0.15, 0.2) is 0 Å². The highest BCUT2D eigenvalue weighted by Crippen LogP contribution is 2.45. The number of ether oxygens (including phenoxy) is 4. The first kappa shape index (κ1) is 94.1. The van der Waals surface area contributed by atoms with E-state index >= 15 is 0 Å². The van der Waals surface area contributed by atoms with E-state index in [2.05, 4.69) is 41.5 Å². The van der Waals surface area contributed by atoms with Gasteiger partial charge in [0.15, 0.2) is 12.2 Å². The summed E-state index contributed by atoms with van der Waals surface area (Å²) in [6.45, 7) is 9.58. The van der Waals surface area contributed by atoms with E-state index in [1.54, 1.807) is 0 Å². The topological polar surface area (TPSA) is 237 Å². The Labute approximate surface area is 588 Å². The second-order valence-electron chi connectivity index (χ2n) is 28.5. The lowest BCUT2D eigenvalue weighted by Gasteiger charge is -2.21. The van der Waals surface area contributed by atoms with E-state index in [0.717, 1.165) is 108 Å². The Hall–Kier alpha value is -1.94. The standard InChI is InChI=1S/C77H150O17P2/c1-7-10-12-14-16-18-20-21-22-23-24-25-30-34-38-42-50-56-62-77(82)93-72(65-87-74(79)59-53-47-40-36-33-29-27-26-28-32-35-39-45-51-57-69(4)5)67-91-95(83,84)89-63-71(78)64-90-96(85,86)92-68-73(66-88-75(80)60-54-48-44-43-46-52-58-70(6)9-3)94-76(81)61-55-49-41-37-31-19-17-15-13-11-8-2/h69-73,78H,7-68H2,1-6H3,(H,83,84)(H,85,86)/t70?,71-,72-,73-/m1/s1. The summed E-state index contributed by atoms with van der Waals surface area (Å²) in [5.41, 5.74) is 0. The van der Waals surface area contributed by atoms with Crippen molar-refractivity contribution in [2.24, 2.45) is 11.8 Å². The van der Waals surface area contributed by atoms with Gasteiger partial charge in [0.05, 0.1) is 26.4 Å². The molecule has 0 radical (unpaired) electrons. The average molecular weight is 1410 g/mol. The van der Waals surface area contributed by atoms with Crippen LogP contribution in [-0.4, -0.2) is 96.7 Å². The zero-order chi connectivity index (χ0) is 70.7. The van der Waals surface area contributed by atoms with Crippen molar-refractivity contribution in [2.45, 2.75) is 419 Å². The summed E-state index contributed by atoms with van der Waals surface area (Å²) in [4.78, 5) is 72.8. The van der Waals surface area contributed by atoms with Gasteiger partial charge in [0, 0.05) is 25.7 Å². The maximum atomic E-state index is 13.1. The minimum absolute atomic E-state index is 0.106. The normalized spacial score (nSPS) is 14.3. The van der Waals surface area contributed by atoms with Crippen molar-refractivity contribution in [1.82, 2.24) is 0 Å². The van der Waals surface area contributed by atoms with E-state index in [0.29, 0.717) is 25.7 Å². The van der Waals surface area contributed by atoms with Gasteiger partial charge in [-0.1, -0.05) is 350 Å². The van der Waals surface area contributed by atoms with E-state index in [1.807, 2.05) is 0 Å². The lowest BCUT2D eigenvalue weighted by atomic mass is 10.00. The van der Waals surface area contributed by atoms with Gasteiger partial charge in [-0.15, -0.1) is 0 Å². The number of unbranched alkanes of at least 4 members (excludes halogenated alkanes) is 45. The van der Waals surface area contributed by atoms with Crippen LogP contribution < -0.4 is 0 Å². The smallest absolute Gasteiger partial charge is 0.462 e. The number of carbonyl (C=O) groups is 4. The van der Waals surface area contributed by atoms with Crippen molar-refractivity contribution < 1.29 is 80.2 Å². The van der Waals surface area contributed by atoms with E-state index < -0.39 is 97.5 Å². The van der Waals surface area contributed by atoms with Gasteiger partial charge in [-0.25, -0.2) is 9.13 Å². The molecular weight excluding hydrogens is 1260 g/mol. The van der Waals surface area contributed by atoms with E-state index in [9.17, 15) is 43.2 Å². The zero-order valence-electron chi connectivity index (χ0n) is 62.7. The van der Waals surface area contributed by atoms with Crippen molar-refractivity contribution in [3.05, 3.63) is 0 Å². The maximum Gasteiger partial charge on any atom is 0.472 e. The number of hydrogen-bond donors (Lipinski definition) is 3. The Morgan fingerprint density at radius 3 is 0.792 bits per heavy atom. The van der Waals surface area contributed by atoms with Crippen LogP contribution in [0.4, 0.5) is 0 Å².